The zero-order chi connectivity index (χ0) is 11.8. The van der Waals surface area contributed by atoms with E-state index in [1.807, 2.05) is 47.1 Å². The van der Waals surface area contributed by atoms with Gasteiger partial charge in [-0.05, 0) is 30.3 Å². The lowest BCUT2D eigenvalue weighted by Gasteiger charge is -2.04. The summed E-state index contributed by atoms with van der Waals surface area (Å²) in [5.74, 6) is 0.825. The molecular formula is C13H10ClN3. The molecule has 4 heteroatoms. The van der Waals surface area contributed by atoms with E-state index in [4.69, 9.17) is 17.3 Å². The van der Waals surface area contributed by atoms with Crippen LogP contribution in [-0.4, -0.2) is 9.38 Å². The Bertz CT molecular complexity index is 688. The van der Waals surface area contributed by atoms with E-state index in [-0.39, 0.29) is 0 Å². The summed E-state index contributed by atoms with van der Waals surface area (Å²) in [4.78, 5) is 4.39. The number of imidazole rings is 1. The van der Waals surface area contributed by atoms with E-state index < -0.39 is 0 Å². The van der Waals surface area contributed by atoms with Crippen LogP contribution in [0.15, 0.2) is 48.8 Å². The molecule has 2 heterocycles. The molecule has 0 bridgehead atoms. The van der Waals surface area contributed by atoms with Gasteiger partial charge in [-0.2, -0.15) is 0 Å². The molecule has 3 nitrogen and oxygen atoms in total. The Morgan fingerprint density at radius 1 is 1.18 bits per heavy atom. The molecule has 84 valence electrons. The second-order valence-corrected chi connectivity index (χ2v) is 4.22. The van der Waals surface area contributed by atoms with E-state index in [0.29, 0.717) is 10.7 Å². The quantitative estimate of drug-likeness (QED) is 0.667. The van der Waals surface area contributed by atoms with Gasteiger partial charge in [-0.25, -0.2) is 4.98 Å². The van der Waals surface area contributed by atoms with Crippen molar-refractivity contribution in [1.82, 2.24) is 9.38 Å². The minimum Gasteiger partial charge on any atom is -0.399 e. The molecule has 0 saturated heterocycles. The molecule has 0 fully saturated rings. The largest absolute Gasteiger partial charge is 0.399 e. The number of nitrogens with two attached hydrogens (primary N) is 1. The van der Waals surface area contributed by atoms with Crippen LogP contribution in [0.2, 0.25) is 5.02 Å². The predicted octanol–water partition coefficient (Wildman–Crippen LogP) is 3.24. The first-order valence-corrected chi connectivity index (χ1v) is 5.61. The lowest BCUT2D eigenvalue weighted by molar-refractivity contribution is 1.16. The average molecular weight is 244 g/mol. The van der Waals surface area contributed by atoms with Gasteiger partial charge in [0, 0.05) is 17.4 Å². The van der Waals surface area contributed by atoms with Crippen molar-refractivity contribution in [3.63, 3.8) is 0 Å². The monoisotopic (exact) mass is 243 g/mol. The number of nitrogens with zero attached hydrogens (tertiary/aromatic N) is 2. The fourth-order valence-corrected chi connectivity index (χ4v) is 2.13. The van der Waals surface area contributed by atoms with Crippen LogP contribution in [0.3, 0.4) is 0 Å². The summed E-state index contributed by atoms with van der Waals surface area (Å²) in [5, 5.41) is 0.612. The number of aromatic nitrogens is 2. The summed E-state index contributed by atoms with van der Waals surface area (Å²) in [6.45, 7) is 0. The third-order valence-electron chi connectivity index (χ3n) is 2.67. The van der Waals surface area contributed by atoms with Crippen LogP contribution in [0.4, 0.5) is 5.69 Å². The highest BCUT2D eigenvalue weighted by Gasteiger charge is 2.09. The standard InChI is InChI=1S/C13H10ClN3/c14-12-7-9(15)4-5-11(12)13-16-8-10-3-1-2-6-17(10)13/h1-8H,15H2. The van der Waals surface area contributed by atoms with Crippen molar-refractivity contribution in [1.29, 1.82) is 0 Å². The summed E-state index contributed by atoms with van der Waals surface area (Å²) >= 11 is 6.19. The van der Waals surface area contributed by atoms with Gasteiger partial charge in [0.1, 0.15) is 5.82 Å². The van der Waals surface area contributed by atoms with E-state index in [1.165, 1.54) is 0 Å². The summed E-state index contributed by atoms with van der Waals surface area (Å²) in [6, 6.07) is 11.4. The molecule has 1 aromatic carbocycles. The van der Waals surface area contributed by atoms with Crippen molar-refractivity contribution in [2.75, 3.05) is 5.73 Å². The molecule has 0 saturated carbocycles. The number of hydrogen-bond acceptors (Lipinski definition) is 2. The first kappa shape index (κ1) is 10.2. The van der Waals surface area contributed by atoms with Crippen LogP contribution in [0, 0.1) is 0 Å². The molecule has 0 aliphatic carbocycles. The normalized spacial score (nSPS) is 10.9. The Hall–Kier alpha value is -2.00. The number of halogens is 1. The number of benzene rings is 1. The second-order valence-electron chi connectivity index (χ2n) is 3.82. The van der Waals surface area contributed by atoms with Crippen molar-refractivity contribution in [3.05, 3.63) is 53.8 Å². The van der Waals surface area contributed by atoms with Gasteiger partial charge in [-0.1, -0.05) is 17.7 Å². The molecular weight excluding hydrogens is 234 g/mol. The first-order chi connectivity index (χ1) is 8.25. The summed E-state index contributed by atoms with van der Waals surface area (Å²) in [6.07, 6.45) is 3.78. The number of anilines is 1. The smallest absolute Gasteiger partial charge is 0.145 e. The Kier molecular flexibility index (Phi) is 2.27. The molecule has 3 aromatic rings. The Morgan fingerprint density at radius 2 is 2.06 bits per heavy atom. The molecule has 3 rings (SSSR count). The summed E-state index contributed by atoms with van der Waals surface area (Å²) < 4.78 is 2.00. The lowest BCUT2D eigenvalue weighted by atomic mass is 10.2. The molecule has 0 unspecified atom stereocenters. The van der Waals surface area contributed by atoms with E-state index in [0.717, 1.165) is 16.9 Å². The average Bonchev–Trinajstić information content (AvgIpc) is 2.73. The Morgan fingerprint density at radius 3 is 2.88 bits per heavy atom. The predicted molar refractivity (Wildman–Crippen MR) is 70.1 cm³/mol. The van der Waals surface area contributed by atoms with E-state index in [9.17, 15) is 0 Å². The molecule has 0 aliphatic rings. The maximum absolute atomic E-state index is 6.19. The van der Waals surface area contributed by atoms with Gasteiger partial charge in [0.25, 0.3) is 0 Å². The van der Waals surface area contributed by atoms with Crippen LogP contribution in [0.1, 0.15) is 0 Å². The lowest BCUT2D eigenvalue weighted by Crippen LogP contribution is -1.91. The highest BCUT2D eigenvalue weighted by atomic mass is 35.5. The van der Waals surface area contributed by atoms with Crippen LogP contribution >= 0.6 is 11.6 Å². The number of fused-ring (bicyclic) bond motifs is 1. The minimum absolute atomic E-state index is 0.612. The fourth-order valence-electron chi connectivity index (χ4n) is 1.86. The van der Waals surface area contributed by atoms with Crippen LogP contribution < -0.4 is 5.73 Å². The summed E-state index contributed by atoms with van der Waals surface area (Å²) in [7, 11) is 0. The van der Waals surface area contributed by atoms with E-state index in [1.54, 1.807) is 6.07 Å². The van der Waals surface area contributed by atoms with Gasteiger partial charge in [0.05, 0.1) is 16.7 Å². The van der Waals surface area contributed by atoms with Crippen molar-refractivity contribution in [3.8, 4) is 11.4 Å². The van der Waals surface area contributed by atoms with Gasteiger partial charge < -0.3 is 5.73 Å². The second kappa shape index (κ2) is 3.79. The number of pyridine rings is 1. The zero-order valence-corrected chi connectivity index (χ0v) is 9.72. The van der Waals surface area contributed by atoms with Gasteiger partial charge in [-0.3, -0.25) is 4.40 Å². The number of hydrogen-bond donors (Lipinski definition) is 1. The Labute approximate surface area is 103 Å². The molecule has 2 N–H and O–H groups in total. The Balaban J connectivity index is 2.27. The van der Waals surface area contributed by atoms with Crippen LogP contribution in [0.5, 0.6) is 0 Å². The molecule has 0 radical (unpaired) electrons. The van der Waals surface area contributed by atoms with Gasteiger partial charge in [0.15, 0.2) is 0 Å². The molecule has 0 aliphatic heterocycles. The van der Waals surface area contributed by atoms with Gasteiger partial charge in [-0.15, -0.1) is 0 Å². The van der Waals surface area contributed by atoms with Crippen molar-refractivity contribution >= 4 is 22.8 Å². The number of nitrogen functional groups attached to an aromatic ring is 1. The van der Waals surface area contributed by atoms with E-state index in [2.05, 4.69) is 4.98 Å². The third-order valence-corrected chi connectivity index (χ3v) is 2.99. The van der Waals surface area contributed by atoms with E-state index >= 15 is 0 Å². The van der Waals surface area contributed by atoms with Gasteiger partial charge >= 0.3 is 0 Å². The molecule has 17 heavy (non-hydrogen) atoms. The topological polar surface area (TPSA) is 43.3 Å². The van der Waals surface area contributed by atoms with Crippen LogP contribution in [-0.2, 0) is 0 Å². The molecule has 0 amide bonds. The van der Waals surface area contributed by atoms with Crippen molar-refractivity contribution in [2.24, 2.45) is 0 Å². The molecule has 2 aromatic heterocycles. The van der Waals surface area contributed by atoms with Crippen LogP contribution in [0.25, 0.3) is 16.9 Å². The van der Waals surface area contributed by atoms with Crippen molar-refractivity contribution in [2.45, 2.75) is 0 Å². The number of rotatable bonds is 1. The zero-order valence-electron chi connectivity index (χ0n) is 8.97. The fraction of sp³-hybridized carbons (Fsp3) is 0. The summed E-state index contributed by atoms with van der Waals surface area (Å²) in [5.41, 5.74) is 8.25. The molecule has 0 atom stereocenters. The highest BCUT2D eigenvalue weighted by molar-refractivity contribution is 6.33. The molecule has 0 spiro atoms. The van der Waals surface area contributed by atoms with Gasteiger partial charge in [0.2, 0.25) is 0 Å². The van der Waals surface area contributed by atoms with Crippen molar-refractivity contribution < 1.29 is 0 Å². The first-order valence-electron chi connectivity index (χ1n) is 5.23. The minimum atomic E-state index is 0.612. The third kappa shape index (κ3) is 1.65. The maximum Gasteiger partial charge on any atom is 0.145 e. The SMILES string of the molecule is Nc1ccc(-c2ncc3ccccn23)c(Cl)c1. The highest BCUT2D eigenvalue weighted by Crippen LogP contribution is 2.29. The maximum atomic E-state index is 6.19.